The van der Waals surface area contributed by atoms with Crippen LogP contribution in [0.25, 0.3) is 11.1 Å². The van der Waals surface area contributed by atoms with Gasteiger partial charge in [-0.2, -0.15) is 0 Å². The smallest absolute Gasteiger partial charge is 0.303 e. The van der Waals surface area contributed by atoms with Gasteiger partial charge in [0.15, 0.2) is 0 Å². The van der Waals surface area contributed by atoms with Crippen molar-refractivity contribution >= 4 is 5.97 Å². The van der Waals surface area contributed by atoms with Crippen LogP contribution in [0.5, 0.6) is 5.75 Å². The van der Waals surface area contributed by atoms with Crippen LogP contribution in [0.3, 0.4) is 0 Å². The monoisotopic (exact) mass is 493 g/mol. The van der Waals surface area contributed by atoms with Crippen molar-refractivity contribution in [3.05, 3.63) is 66.2 Å². The predicted octanol–water partition coefficient (Wildman–Crippen LogP) is 5.79. The van der Waals surface area contributed by atoms with Gasteiger partial charge in [-0.3, -0.25) is 9.69 Å². The number of hydrogen-bond acceptors (Lipinski definition) is 5. The predicted molar refractivity (Wildman–Crippen MR) is 141 cm³/mol. The molecule has 2 aromatic rings. The van der Waals surface area contributed by atoms with Gasteiger partial charge in [0, 0.05) is 18.0 Å². The standard InChI is InChI=1S/C30H39NO5/c32-27-11-6-5-10-25(27)24-15-13-23(14-16-24)22-36-28-18-17-26(31-19-7-1-2-8-20-31)30(28)35-21-9-3-4-12-29(33)34/h3,5-6,9-11,13-16,26,28,30,32H,1-2,4,7-8,12,17-22H2,(H,33,34)/b9-3-/t26-,28+,30+/m0/s1. The van der Waals surface area contributed by atoms with Crippen molar-refractivity contribution in [1.82, 2.24) is 4.90 Å². The van der Waals surface area contributed by atoms with E-state index in [1.54, 1.807) is 6.07 Å². The summed E-state index contributed by atoms with van der Waals surface area (Å²) in [6.07, 6.45) is 11.7. The second-order valence-electron chi connectivity index (χ2n) is 9.86. The van der Waals surface area contributed by atoms with E-state index in [0.717, 1.165) is 42.6 Å². The van der Waals surface area contributed by atoms with Crippen LogP contribution >= 0.6 is 0 Å². The second kappa shape index (κ2) is 13.6. The Kier molecular flexibility index (Phi) is 9.96. The fourth-order valence-electron chi connectivity index (χ4n) is 5.39. The first kappa shape index (κ1) is 26.4. The van der Waals surface area contributed by atoms with Gasteiger partial charge in [0.2, 0.25) is 0 Å². The molecule has 3 atom stereocenters. The summed E-state index contributed by atoms with van der Waals surface area (Å²) < 4.78 is 12.8. The molecular formula is C30H39NO5. The number of carboxylic acids is 1. The Morgan fingerprint density at radius 1 is 0.944 bits per heavy atom. The maximum atomic E-state index is 10.7. The highest BCUT2D eigenvalue weighted by Crippen LogP contribution is 2.32. The van der Waals surface area contributed by atoms with Crippen LogP contribution in [0.1, 0.15) is 56.9 Å². The molecule has 1 aliphatic heterocycles. The Morgan fingerprint density at radius 3 is 2.42 bits per heavy atom. The van der Waals surface area contributed by atoms with Crippen molar-refractivity contribution < 1.29 is 24.5 Å². The van der Waals surface area contributed by atoms with E-state index in [9.17, 15) is 9.90 Å². The topological polar surface area (TPSA) is 79.2 Å². The quantitative estimate of drug-likeness (QED) is 0.386. The molecule has 2 aliphatic rings. The Labute approximate surface area is 214 Å². The van der Waals surface area contributed by atoms with Gasteiger partial charge in [-0.05, 0) is 62.4 Å². The number of phenols is 1. The van der Waals surface area contributed by atoms with Crippen LogP contribution < -0.4 is 0 Å². The number of phenolic OH excluding ortho intramolecular Hbond substituents is 1. The van der Waals surface area contributed by atoms with Gasteiger partial charge in [-0.1, -0.05) is 67.5 Å². The highest BCUT2D eigenvalue weighted by molar-refractivity contribution is 5.70. The third-order valence-corrected chi connectivity index (χ3v) is 7.31. The lowest BCUT2D eigenvalue weighted by molar-refractivity contribution is -0.136. The molecule has 2 aromatic carbocycles. The van der Waals surface area contributed by atoms with Crippen molar-refractivity contribution in [3.8, 4) is 16.9 Å². The zero-order chi connectivity index (χ0) is 25.2. The molecule has 1 aliphatic carbocycles. The number of para-hydroxylation sites is 1. The number of ether oxygens (including phenoxy) is 2. The Morgan fingerprint density at radius 2 is 1.69 bits per heavy atom. The van der Waals surface area contributed by atoms with Gasteiger partial charge in [-0.25, -0.2) is 0 Å². The molecule has 36 heavy (non-hydrogen) atoms. The lowest BCUT2D eigenvalue weighted by Crippen LogP contribution is -2.45. The zero-order valence-electron chi connectivity index (χ0n) is 21.1. The Hall–Kier alpha value is -2.67. The Bertz CT molecular complexity index is 981. The summed E-state index contributed by atoms with van der Waals surface area (Å²) in [6.45, 7) is 3.25. The van der Waals surface area contributed by atoms with E-state index in [0.29, 0.717) is 25.7 Å². The fraction of sp³-hybridized carbons (Fsp3) is 0.500. The molecule has 0 aromatic heterocycles. The number of benzene rings is 2. The third kappa shape index (κ3) is 7.42. The van der Waals surface area contributed by atoms with Gasteiger partial charge >= 0.3 is 5.97 Å². The number of carboxylic acid groups (broad SMARTS) is 1. The Balaban J connectivity index is 1.36. The van der Waals surface area contributed by atoms with E-state index < -0.39 is 5.97 Å². The molecule has 1 saturated heterocycles. The maximum absolute atomic E-state index is 10.7. The van der Waals surface area contributed by atoms with Crippen molar-refractivity contribution in [3.63, 3.8) is 0 Å². The molecule has 6 heteroatoms. The summed E-state index contributed by atoms with van der Waals surface area (Å²) in [5.74, 6) is -0.497. The SMILES string of the molecule is O=C(O)CC/C=C\CO[C@H]1[C@H](OCc2ccc(-c3ccccc3O)cc2)CC[C@@H]1N1CCCCCC1. The number of aromatic hydroxyl groups is 1. The van der Waals surface area contributed by atoms with Crippen LogP contribution in [0.2, 0.25) is 0 Å². The van der Waals surface area contributed by atoms with Crippen LogP contribution in [0, 0.1) is 0 Å². The highest BCUT2D eigenvalue weighted by Gasteiger charge is 2.40. The molecule has 0 amide bonds. The second-order valence-corrected chi connectivity index (χ2v) is 9.86. The van der Waals surface area contributed by atoms with Gasteiger partial charge < -0.3 is 19.7 Å². The molecule has 1 saturated carbocycles. The molecule has 2 fully saturated rings. The zero-order valence-corrected chi connectivity index (χ0v) is 21.1. The average molecular weight is 494 g/mol. The maximum Gasteiger partial charge on any atom is 0.303 e. The minimum absolute atomic E-state index is 0.00719. The summed E-state index contributed by atoms with van der Waals surface area (Å²) >= 11 is 0. The van der Waals surface area contributed by atoms with Crippen LogP contribution in [-0.4, -0.2) is 59.0 Å². The first-order chi connectivity index (χ1) is 17.6. The first-order valence-electron chi connectivity index (χ1n) is 13.3. The summed E-state index contributed by atoms with van der Waals surface area (Å²) in [5, 5.41) is 18.9. The van der Waals surface area contributed by atoms with Crippen LogP contribution in [-0.2, 0) is 20.9 Å². The van der Waals surface area contributed by atoms with Crippen LogP contribution in [0.15, 0.2) is 60.7 Å². The van der Waals surface area contributed by atoms with Crippen molar-refractivity contribution in [2.75, 3.05) is 19.7 Å². The summed E-state index contributed by atoms with van der Waals surface area (Å²) in [4.78, 5) is 13.3. The van der Waals surface area contributed by atoms with Gasteiger partial charge in [0.1, 0.15) is 5.75 Å². The van der Waals surface area contributed by atoms with E-state index in [-0.39, 0.29) is 24.4 Å². The first-order valence-corrected chi connectivity index (χ1v) is 13.3. The molecule has 0 spiro atoms. The molecular weight excluding hydrogens is 454 g/mol. The van der Waals surface area contributed by atoms with E-state index in [1.807, 2.05) is 42.5 Å². The third-order valence-electron chi connectivity index (χ3n) is 7.31. The average Bonchev–Trinajstić information content (AvgIpc) is 3.08. The fourth-order valence-corrected chi connectivity index (χ4v) is 5.39. The molecule has 0 bridgehead atoms. The van der Waals surface area contributed by atoms with E-state index in [2.05, 4.69) is 17.0 Å². The molecule has 0 unspecified atom stereocenters. The summed E-state index contributed by atoms with van der Waals surface area (Å²) in [5.41, 5.74) is 2.90. The number of likely N-dealkylation sites (tertiary alicyclic amines) is 1. The summed E-state index contributed by atoms with van der Waals surface area (Å²) in [6, 6.07) is 15.9. The van der Waals surface area contributed by atoms with Gasteiger partial charge in [0.05, 0.1) is 25.4 Å². The molecule has 1 heterocycles. The number of allylic oxidation sites excluding steroid dienone is 1. The van der Waals surface area contributed by atoms with E-state index >= 15 is 0 Å². The lowest BCUT2D eigenvalue weighted by Gasteiger charge is -2.33. The number of rotatable bonds is 11. The lowest BCUT2D eigenvalue weighted by atomic mass is 10.0. The van der Waals surface area contributed by atoms with Crippen molar-refractivity contribution in [1.29, 1.82) is 0 Å². The van der Waals surface area contributed by atoms with Gasteiger partial charge in [-0.15, -0.1) is 0 Å². The number of aliphatic carboxylic acids is 1. The number of carbonyl (C=O) groups is 1. The molecule has 0 radical (unpaired) electrons. The minimum atomic E-state index is -0.778. The summed E-state index contributed by atoms with van der Waals surface area (Å²) in [7, 11) is 0. The van der Waals surface area contributed by atoms with E-state index in [4.69, 9.17) is 14.6 Å². The molecule has 194 valence electrons. The van der Waals surface area contributed by atoms with E-state index in [1.165, 1.54) is 25.7 Å². The number of nitrogens with zero attached hydrogens (tertiary/aromatic N) is 1. The van der Waals surface area contributed by atoms with Crippen molar-refractivity contribution in [2.45, 2.75) is 76.2 Å². The molecule has 4 rings (SSSR count). The minimum Gasteiger partial charge on any atom is -0.507 e. The molecule has 2 N–H and O–H groups in total. The van der Waals surface area contributed by atoms with Crippen molar-refractivity contribution in [2.24, 2.45) is 0 Å². The molecule has 6 nitrogen and oxygen atoms in total. The van der Waals surface area contributed by atoms with Crippen LogP contribution in [0.4, 0.5) is 0 Å². The van der Waals surface area contributed by atoms with Gasteiger partial charge in [0.25, 0.3) is 0 Å². The number of hydrogen-bond donors (Lipinski definition) is 2. The largest absolute Gasteiger partial charge is 0.507 e. The highest BCUT2D eigenvalue weighted by atomic mass is 16.5. The normalized spacial score (nSPS) is 23.2.